The first kappa shape index (κ1) is 16.9. The zero-order valence-corrected chi connectivity index (χ0v) is 15.9. The Labute approximate surface area is 175 Å². The van der Waals surface area contributed by atoms with Crippen molar-refractivity contribution < 1.29 is 52.8 Å². The Morgan fingerprint density at radius 1 is 0.524 bits per heavy atom. The van der Waals surface area contributed by atoms with Gasteiger partial charge in [0.25, 0.3) is 0 Å². The third-order valence-corrected chi connectivity index (χ3v) is 4.17. The maximum absolute atomic E-state index is 7.12. The van der Waals surface area contributed by atoms with E-state index in [4.69, 9.17) is 11.6 Å². The molecule has 0 saturated heterocycles. The van der Waals surface area contributed by atoms with E-state index in [-0.39, 0.29) is 52.8 Å². The van der Waals surface area contributed by atoms with E-state index in [1.807, 2.05) is 54.6 Å². The zero-order chi connectivity index (χ0) is 13.8. The van der Waals surface area contributed by atoms with E-state index in [2.05, 4.69) is 36.4 Å². The molecule has 0 nitrogen and oxygen atoms in total. The quantitative estimate of drug-likeness (QED) is 0.395. The number of benzene rings is 3. The summed E-state index contributed by atoms with van der Waals surface area (Å²) in [5, 5.41) is 0. The van der Waals surface area contributed by atoms with Crippen LogP contribution < -0.4 is 51.4 Å². The summed E-state index contributed by atoms with van der Waals surface area (Å²) in [5.74, 6) is 0. The molecule has 0 aliphatic rings. The molecule has 3 aromatic carbocycles. The molecule has 100 valence electrons. The van der Waals surface area contributed by atoms with Crippen LogP contribution in [0.25, 0.3) is 0 Å². The molecule has 0 aromatic heterocycles. The topological polar surface area (TPSA) is 0 Å². The fourth-order valence-corrected chi connectivity index (χ4v) is 2.88. The first-order valence-corrected chi connectivity index (χ1v) is 7.05. The van der Waals surface area contributed by atoms with Crippen molar-refractivity contribution in [3.8, 4) is 0 Å². The van der Waals surface area contributed by atoms with Gasteiger partial charge in [0.15, 0.2) is 0 Å². The van der Waals surface area contributed by atoms with Crippen LogP contribution in [-0.2, 0) is 4.87 Å². The molecule has 0 atom stereocenters. The average Bonchev–Trinajstić information content (AvgIpc) is 2.56. The summed E-state index contributed by atoms with van der Waals surface area (Å²) < 4.78 is 0. The summed E-state index contributed by atoms with van der Waals surface area (Å²) in [6.45, 7) is 0. The average molecular weight is 319 g/mol. The van der Waals surface area contributed by atoms with Gasteiger partial charge < -0.3 is 1.43 Å². The van der Waals surface area contributed by atoms with Gasteiger partial charge in [-0.3, -0.25) is 0 Å². The van der Waals surface area contributed by atoms with Crippen LogP contribution in [0.5, 0.6) is 0 Å². The van der Waals surface area contributed by atoms with Crippen molar-refractivity contribution in [2.75, 3.05) is 0 Å². The summed E-state index contributed by atoms with van der Waals surface area (Å²) >= 11 is 7.12. The zero-order valence-electron chi connectivity index (χ0n) is 13.0. The summed E-state index contributed by atoms with van der Waals surface area (Å²) in [6.07, 6.45) is 0. The predicted molar refractivity (Wildman–Crippen MR) is 86.2 cm³/mol. The molecule has 3 rings (SSSR count). The molecule has 0 aliphatic heterocycles. The van der Waals surface area contributed by atoms with Gasteiger partial charge in [0, 0.05) is 0 Å². The summed E-state index contributed by atoms with van der Waals surface area (Å²) in [4.78, 5) is -0.649. The van der Waals surface area contributed by atoms with E-state index in [1.54, 1.807) is 0 Å². The van der Waals surface area contributed by atoms with Crippen LogP contribution in [0.15, 0.2) is 91.0 Å². The van der Waals surface area contributed by atoms with Gasteiger partial charge in [-0.25, -0.2) is 0 Å². The molecule has 0 N–H and O–H groups in total. The maximum Gasteiger partial charge on any atom is 1.00 e. The van der Waals surface area contributed by atoms with E-state index >= 15 is 0 Å². The van der Waals surface area contributed by atoms with Crippen LogP contribution in [0.1, 0.15) is 18.1 Å². The Morgan fingerprint density at radius 3 is 1.00 bits per heavy atom. The molecule has 3 aromatic rings. The Balaban J connectivity index is 0.00000121. The van der Waals surface area contributed by atoms with Crippen molar-refractivity contribution in [1.29, 1.82) is 0 Å². The van der Waals surface area contributed by atoms with Gasteiger partial charge >= 0.3 is 51.4 Å². The van der Waals surface area contributed by atoms with Crippen LogP contribution in [0, 0.1) is 0 Å². The normalized spacial score (nSPS) is 10.7. The minimum Gasteiger partial charge on any atom is -1.00 e. The molecular formula is C19H16ClK. The van der Waals surface area contributed by atoms with Crippen LogP contribution in [0.4, 0.5) is 0 Å². The smallest absolute Gasteiger partial charge is 1.00 e. The molecule has 0 spiro atoms. The number of halogens is 1. The van der Waals surface area contributed by atoms with Crippen molar-refractivity contribution in [2.45, 2.75) is 4.87 Å². The standard InChI is InChI=1S/C19H15Cl.K.H/c20-19(16-10-4-1-5-11-16,17-12-6-2-7-13-17)18-14-8-3-9-15-18;;/h1-15H;;/q;+1;-1. The largest absolute Gasteiger partial charge is 1.00 e. The number of hydrogen-bond acceptors (Lipinski definition) is 0. The minimum atomic E-state index is -0.649. The van der Waals surface area contributed by atoms with Gasteiger partial charge in [0.05, 0.1) is 0 Å². The van der Waals surface area contributed by atoms with Gasteiger partial charge in [-0.15, -0.1) is 11.6 Å². The third-order valence-electron chi connectivity index (χ3n) is 3.51. The van der Waals surface area contributed by atoms with Gasteiger partial charge in [0.1, 0.15) is 4.87 Å². The third kappa shape index (κ3) is 3.50. The maximum atomic E-state index is 7.12. The molecule has 0 fully saturated rings. The van der Waals surface area contributed by atoms with Crippen molar-refractivity contribution in [3.63, 3.8) is 0 Å². The second kappa shape index (κ2) is 7.73. The van der Waals surface area contributed by atoms with E-state index in [0.29, 0.717) is 0 Å². The fourth-order valence-electron chi connectivity index (χ4n) is 2.50. The summed E-state index contributed by atoms with van der Waals surface area (Å²) in [6, 6.07) is 30.6. The van der Waals surface area contributed by atoms with Crippen molar-refractivity contribution in [3.05, 3.63) is 108 Å². The Kier molecular flexibility index (Phi) is 6.24. The van der Waals surface area contributed by atoms with Gasteiger partial charge in [0.2, 0.25) is 0 Å². The second-order valence-electron chi connectivity index (χ2n) is 4.76. The van der Waals surface area contributed by atoms with Crippen LogP contribution >= 0.6 is 11.6 Å². The summed E-state index contributed by atoms with van der Waals surface area (Å²) in [5.41, 5.74) is 3.25. The molecule has 0 amide bonds. The fraction of sp³-hybridized carbons (Fsp3) is 0.0526. The molecule has 21 heavy (non-hydrogen) atoms. The number of rotatable bonds is 3. The molecule has 2 heteroatoms. The number of hydrogen-bond donors (Lipinski definition) is 0. The Hall–Kier alpha value is -0.414. The van der Waals surface area contributed by atoms with Crippen molar-refractivity contribution >= 4 is 11.6 Å². The molecular weight excluding hydrogens is 303 g/mol. The molecule has 0 radical (unpaired) electrons. The molecule has 0 bridgehead atoms. The van der Waals surface area contributed by atoms with E-state index in [0.717, 1.165) is 16.7 Å². The van der Waals surface area contributed by atoms with Gasteiger partial charge in [-0.1, -0.05) is 91.0 Å². The molecule has 0 unspecified atom stereocenters. The van der Waals surface area contributed by atoms with E-state index in [9.17, 15) is 0 Å². The minimum absolute atomic E-state index is 0. The van der Waals surface area contributed by atoms with Crippen molar-refractivity contribution in [2.24, 2.45) is 0 Å². The van der Waals surface area contributed by atoms with E-state index < -0.39 is 4.87 Å². The van der Waals surface area contributed by atoms with Crippen LogP contribution in [-0.4, -0.2) is 0 Å². The SMILES string of the molecule is ClC(c1ccccc1)(c1ccccc1)c1ccccc1.[H-].[K+]. The number of alkyl halides is 1. The molecule has 0 saturated carbocycles. The van der Waals surface area contributed by atoms with Gasteiger partial charge in [-0.05, 0) is 16.7 Å². The predicted octanol–water partition coefficient (Wildman–Crippen LogP) is 2.33. The first-order chi connectivity index (χ1) is 9.82. The Morgan fingerprint density at radius 2 is 0.762 bits per heavy atom. The van der Waals surface area contributed by atoms with Crippen molar-refractivity contribution in [1.82, 2.24) is 0 Å². The van der Waals surface area contributed by atoms with Crippen LogP contribution in [0.3, 0.4) is 0 Å². The second-order valence-corrected chi connectivity index (χ2v) is 5.32. The monoisotopic (exact) mass is 318 g/mol. The van der Waals surface area contributed by atoms with E-state index in [1.165, 1.54) is 0 Å². The first-order valence-electron chi connectivity index (χ1n) is 6.67. The van der Waals surface area contributed by atoms with Gasteiger partial charge in [-0.2, -0.15) is 0 Å². The van der Waals surface area contributed by atoms with Crippen LogP contribution in [0.2, 0.25) is 0 Å². The Bertz CT molecular complexity index is 575. The molecule has 0 heterocycles. The molecule has 0 aliphatic carbocycles. The summed E-state index contributed by atoms with van der Waals surface area (Å²) in [7, 11) is 0.